The van der Waals surface area contributed by atoms with E-state index in [2.05, 4.69) is 5.10 Å². The number of benzene rings is 2. The van der Waals surface area contributed by atoms with Gasteiger partial charge in [0, 0.05) is 0 Å². The molecule has 2 aromatic carbocycles. The highest BCUT2D eigenvalue weighted by Crippen LogP contribution is 2.43. The second-order valence-corrected chi connectivity index (χ2v) is 9.29. The van der Waals surface area contributed by atoms with Crippen molar-refractivity contribution in [2.75, 3.05) is 0 Å². The Labute approximate surface area is 197 Å². The topological polar surface area (TPSA) is 44.1 Å². The van der Waals surface area contributed by atoms with Gasteiger partial charge in [-0.1, -0.05) is 17.8 Å². The van der Waals surface area contributed by atoms with Crippen molar-refractivity contribution in [3.8, 4) is 5.88 Å². The molecule has 0 spiro atoms. The Hall–Kier alpha value is -3.09. The molecule has 4 nitrogen and oxygen atoms in total. The highest BCUT2D eigenvalue weighted by molar-refractivity contribution is 7.99. The van der Waals surface area contributed by atoms with E-state index in [1.54, 1.807) is 20.8 Å². The molecule has 3 rings (SSSR count). The minimum absolute atomic E-state index is 0.000656. The number of esters is 1. The minimum Gasteiger partial charge on any atom is -0.403 e. The lowest BCUT2D eigenvalue weighted by Crippen LogP contribution is -2.25. The van der Waals surface area contributed by atoms with Crippen LogP contribution in [0, 0.1) is 36.0 Å². The van der Waals surface area contributed by atoms with Crippen LogP contribution < -0.4 is 4.74 Å². The molecule has 0 radical (unpaired) electrons. The minimum atomic E-state index is -4.74. The van der Waals surface area contributed by atoms with E-state index in [0.29, 0.717) is 6.07 Å². The third kappa shape index (κ3) is 5.14. The molecule has 0 unspecified atom stereocenters. The first-order valence-corrected chi connectivity index (χ1v) is 10.5. The van der Waals surface area contributed by atoms with Crippen LogP contribution in [0.3, 0.4) is 0 Å². The van der Waals surface area contributed by atoms with Gasteiger partial charge in [-0.3, -0.25) is 0 Å². The van der Waals surface area contributed by atoms with Crippen molar-refractivity contribution in [1.29, 1.82) is 0 Å². The first-order valence-electron chi connectivity index (χ1n) is 9.72. The number of halogens is 8. The van der Waals surface area contributed by atoms with Gasteiger partial charge < -0.3 is 4.74 Å². The summed E-state index contributed by atoms with van der Waals surface area (Å²) in [5, 5.41) is 4.14. The van der Waals surface area contributed by atoms with Crippen LogP contribution in [0.2, 0.25) is 0 Å². The van der Waals surface area contributed by atoms with E-state index in [9.17, 15) is 39.9 Å². The van der Waals surface area contributed by atoms with Crippen LogP contribution in [0.1, 0.15) is 42.4 Å². The summed E-state index contributed by atoms with van der Waals surface area (Å²) in [6.07, 6.45) is -4.74. The molecule has 0 aliphatic carbocycles. The number of hydrogen-bond acceptors (Lipinski definition) is 4. The fourth-order valence-corrected chi connectivity index (χ4v) is 3.87. The number of alkyl halides is 3. The van der Waals surface area contributed by atoms with Gasteiger partial charge in [-0.05, 0) is 45.9 Å². The Bertz CT molecular complexity index is 1280. The summed E-state index contributed by atoms with van der Waals surface area (Å²) in [5.74, 6) is -12.6. The largest absolute Gasteiger partial charge is 0.416 e. The van der Waals surface area contributed by atoms with Crippen molar-refractivity contribution < 1.29 is 44.7 Å². The van der Waals surface area contributed by atoms with Crippen molar-refractivity contribution in [3.63, 3.8) is 0 Å². The normalized spacial score (nSPS) is 12.2. The predicted octanol–water partition coefficient (Wildman–Crippen LogP) is 7.03. The van der Waals surface area contributed by atoms with E-state index in [-0.39, 0.29) is 22.4 Å². The zero-order chi connectivity index (χ0) is 26.5. The summed E-state index contributed by atoms with van der Waals surface area (Å²) in [4.78, 5) is 11.2. The molecule has 1 aromatic heterocycles. The Balaban J connectivity index is 2.12. The van der Waals surface area contributed by atoms with E-state index in [4.69, 9.17) is 4.74 Å². The zero-order valence-corrected chi connectivity index (χ0v) is 19.3. The fourth-order valence-electron chi connectivity index (χ4n) is 2.90. The summed E-state index contributed by atoms with van der Waals surface area (Å²) < 4.78 is 115. The molecule has 0 amide bonds. The van der Waals surface area contributed by atoms with Crippen molar-refractivity contribution >= 4 is 17.7 Å². The standard InChI is InChI=1S/C22H16F8N2O2S/c1-9-17(35-18-15(26)13(24)12(23)14(25)16(18)27)19(32(31-9)21(2,3)4)34-20(33)10-6-5-7-11(8-10)22(28,29)30/h5-8H,1-4H3. The third-order valence-electron chi connectivity index (χ3n) is 4.59. The summed E-state index contributed by atoms with van der Waals surface area (Å²) in [6.45, 7) is 6.15. The molecule has 0 aliphatic rings. The van der Waals surface area contributed by atoms with Crippen LogP contribution in [0.25, 0.3) is 0 Å². The predicted molar refractivity (Wildman–Crippen MR) is 109 cm³/mol. The molecule has 35 heavy (non-hydrogen) atoms. The second kappa shape index (κ2) is 9.17. The first-order chi connectivity index (χ1) is 16.0. The van der Waals surface area contributed by atoms with Crippen molar-refractivity contribution in [3.05, 3.63) is 70.2 Å². The summed E-state index contributed by atoms with van der Waals surface area (Å²) in [5.41, 5.74) is -2.54. The number of ether oxygens (including phenoxy) is 1. The average molecular weight is 524 g/mol. The second-order valence-electron chi connectivity index (χ2n) is 8.27. The van der Waals surface area contributed by atoms with Crippen LogP contribution in [0.5, 0.6) is 5.88 Å². The number of nitrogens with zero attached hydrogens (tertiary/aromatic N) is 2. The molecule has 0 saturated heterocycles. The molecule has 0 aliphatic heterocycles. The monoisotopic (exact) mass is 524 g/mol. The van der Waals surface area contributed by atoms with Gasteiger partial charge >= 0.3 is 12.1 Å². The van der Waals surface area contributed by atoms with Gasteiger partial charge in [0.25, 0.3) is 0 Å². The Morgan fingerprint density at radius 3 is 1.97 bits per heavy atom. The number of aryl methyl sites for hydroxylation is 1. The summed E-state index contributed by atoms with van der Waals surface area (Å²) >= 11 is 0.0754. The molecular formula is C22H16F8N2O2S. The molecule has 188 valence electrons. The van der Waals surface area contributed by atoms with E-state index in [0.717, 1.165) is 22.9 Å². The van der Waals surface area contributed by atoms with Crippen LogP contribution in [-0.4, -0.2) is 15.7 Å². The Morgan fingerprint density at radius 2 is 1.46 bits per heavy atom. The van der Waals surface area contributed by atoms with E-state index < -0.39 is 68.7 Å². The highest BCUT2D eigenvalue weighted by atomic mass is 32.2. The van der Waals surface area contributed by atoms with E-state index in [1.165, 1.54) is 6.92 Å². The molecule has 0 bridgehead atoms. The molecule has 0 saturated carbocycles. The quantitative estimate of drug-likeness (QED) is 0.159. The van der Waals surface area contributed by atoms with E-state index >= 15 is 0 Å². The lowest BCUT2D eigenvalue weighted by atomic mass is 10.1. The SMILES string of the molecule is Cc1nn(C(C)(C)C)c(OC(=O)c2cccc(C(F)(F)F)c2)c1Sc1c(F)c(F)c(F)c(F)c1F. The van der Waals surface area contributed by atoms with E-state index in [1.807, 2.05) is 0 Å². The maximum Gasteiger partial charge on any atom is 0.416 e. The molecule has 0 fully saturated rings. The smallest absolute Gasteiger partial charge is 0.403 e. The van der Waals surface area contributed by atoms with Crippen molar-refractivity contribution in [2.45, 2.75) is 49.2 Å². The Kier molecular flexibility index (Phi) is 6.95. The van der Waals surface area contributed by atoms with Gasteiger partial charge in [0.2, 0.25) is 11.7 Å². The van der Waals surface area contributed by atoms with Crippen LogP contribution in [0.15, 0.2) is 34.1 Å². The summed E-state index contributed by atoms with van der Waals surface area (Å²) in [7, 11) is 0. The number of carbonyl (C=O) groups is 1. The molecule has 13 heteroatoms. The van der Waals surface area contributed by atoms with Crippen LogP contribution in [-0.2, 0) is 11.7 Å². The molecule has 0 N–H and O–H groups in total. The number of aromatic nitrogens is 2. The van der Waals surface area contributed by atoms with Crippen molar-refractivity contribution in [1.82, 2.24) is 9.78 Å². The van der Waals surface area contributed by atoms with Gasteiger partial charge in [0.1, 0.15) is 0 Å². The van der Waals surface area contributed by atoms with Crippen LogP contribution >= 0.6 is 11.8 Å². The molecule has 0 atom stereocenters. The lowest BCUT2D eigenvalue weighted by Gasteiger charge is -2.22. The van der Waals surface area contributed by atoms with Gasteiger partial charge in [-0.15, -0.1) is 0 Å². The summed E-state index contributed by atoms with van der Waals surface area (Å²) in [6, 6.07) is 3.32. The maximum absolute atomic E-state index is 14.3. The van der Waals surface area contributed by atoms with Gasteiger partial charge in [-0.2, -0.15) is 18.3 Å². The van der Waals surface area contributed by atoms with Gasteiger partial charge in [-0.25, -0.2) is 31.4 Å². The fraction of sp³-hybridized carbons (Fsp3) is 0.273. The number of carbonyl (C=O) groups excluding carboxylic acids is 1. The number of rotatable bonds is 4. The highest BCUT2D eigenvalue weighted by Gasteiger charge is 2.33. The number of hydrogen-bond donors (Lipinski definition) is 0. The van der Waals surface area contributed by atoms with Crippen molar-refractivity contribution in [2.24, 2.45) is 0 Å². The first kappa shape index (κ1) is 26.5. The molecule has 3 aromatic rings. The Morgan fingerprint density at radius 1 is 0.914 bits per heavy atom. The van der Waals surface area contributed by atoms with Gasteiger partial charge in [0.15, 0.2) is 23.3 Å². The third-order valence-corrected chi connectivity index (χ3v) is 5.83. The maximum atomic E-state index is 14.3. The van der Waals surface area contributed by atoms with Gasteiger partial charge in [0.05, 0.1) is 32.2 Å². The zero-order valence-electron chi connectivity index (χ0n) is 18.5. The van der Waals surface area contributed by atoms with Crippen LogP contribution in [0.4, 0.5) is 35.1 Å². The average Bonchev–Trinajstić information content (AvgIpc) is 3.08. The molecular weight excluding hydrogens is 508 g/mol. The molecule has 1 heterocycles. The lowest BCUT2D eigenvalue weighted by molar-refractivity contribution is -0.137.